The lowest BCUT2D eigenvalue weighted by Gasteiger charge is -2.23. The first-order valence-electron chi connectivity index (χ1n) is 6.20. The molecule has 0 atom stereocenters. The molecule has 1 N–H and O–H groups in total. The van der Waals surface area contributed by atoms with Crippen LogP contribution >= 0.6 is 0 Å². The van der Waals surface area contributed by atoms with E-state index in [4.69, 9.17) is 5.11 Å². The van der Waals surface area contributed by atoms with E-state index < -0.39 is 11.4 Å². The van der Waals surface area contributed by atoms with Gasteiger partial charge in [0.15, 0.2) is 0 Å². The minimum Gasteiger partial charge on any atom is -0.481 e. The first kappa shape index (κ1) is 15.1. The van der Waals surface area contributed by atoms with Crippen molar-refractivity contribution in [3.05, 3.63) is 30.1 Å². The molecule has 0 aliphatic heterocycles. The van der Waals surface area contributed by atoms with Gasteiger partial charge in [0, 0.05) is 38.3 Å². The van der Waals surface area contributed by atoms with Gasteiger partial charge < -0.3 is 10.0 Å². The van der Waals surface area contributed by atoms with Gasteiger partial charge in [0.05, 0.1) is 5.41 Å². The number of likely N-dealkylation sites (N-methyl/N-ethyl adjacent to an activating group) is 1. The summed E-state index contributed by atoms with van der Waals surface area (Å²) in [4.78, 5) is 28.6. The summed E-state index contributed by atoms with van der Waals surface area (Å²) in [5, 5.41) is 9.00. The molecule has 5 heteroatoms. The van der Waals surface area contributed by atoms with Gasteiger partial charge in [0.1, 0.15) is 0 Å². The van der Waals surface area contributed by atoms with E-state index in [0.29, 0.717) is 13.0 Å². The van der Waals surface area contributed by atoms with Crippen LogP contribution in [0.4, 0.5) is 0 Å². The molecular weight excluding hydrogens is 244 g/mol. The molecule has 0 aromatic carbocycles. The number of nitrogens with zero attached hydrogens (tertiary/aromatic N) is 2. The average molecular weight is 264 g/mol. The summed E-state index contributed by atoms with van der Waals surface area (Å²) < 4.78 is 0. The third kappa shape index (κ3) is 4.69. The lowest BCUT2D eigenvalue weighted by molar-refractivity contribution is -0.151. The Bertz CT molecular complexity index is 443. The van der Waals surface area contributed by atoms with E-state index in [2.05, 4.69) is 4.98 Å². The Hall–Kier alpha value is -1.91. The Morgan fingerprint density at radius 2 is 2.05 bits per heavy atom. The number of hydrogen-bond acceptors (Lipinski definition) is 3. The Labute approximate surface area is 113 Å². The van der Waals surface area contributed by atoms with Crippen molar-refractivity contribution in [3.8, 4) is 0 Å². The molecule has 19 heavy (non-hydrogen) atoms. The second kappa shape index (κ2) is 6.31. The van der Waals surface area contributed by atoms with Gasteiger partial charge in [-0.25, -0.2) is 0 Å². The van der Waals surface area contributed by atoms with Crippen LogP contribution in [0, 0.1) is 5.41 Å². The van der Waals surface area contributed by atoms with Crippen LogP contribution in [0.15, 0.2) is 24.4 Å². The van der Waals surface area contributed by atoms with E-state index in [9.17, 15) is 9.59 Å². The molecule has 0 aliphatic rings. The molecule has 1 aromatic rings. The highest BCUT2D eigenvalue weighted by Crippen LogP contribution is 2.21. The zero-order valence-corrected chi connectivity index (χ0v) is 11.6. The second-order valence-corrected chi connectivity index (χ2v) is 5.25. The highest BCUT2D eigenvalue weighted by Gasteiger charge is 2.31. The highest BCUT2D eigenvalue weighted by atomic mass is 16.4. The molecule has 0 fully saturated rings. The molecule has 104 valence electrons. The van der Waals surface area contributed by atoms with E-state index in [1.165, 1.54) is 0 Å². The quantitative estimate of drug-likeness (QED) is 0.847. The largest absolute Gasteiger partial charge is 0.481 e. The maximum Gasteiger partial charge on any atom is 0.309 e. The van der Waals surface area contributed by atoms with Crippen LogP contribution in [-0.2, 0) is 16.0 Å². The number of aliphatic carboxylic acids is 1. The third-order valence-corrected chi connectivity index (χ3v) is 3.03. The number of carbonyl (C=O) groups excluding carboxylic acids is 1. The summed E-state index contributed by atoms with van der Waals surface area (Å²) in [5.74, 6) is -1.12. The van der Waals surface area contributed by atoms with Gasteiger partial charge in [-0.2, -0.15) is 0 Å². The zero-order valence-electron chi connectivity index (χ0n) is 11.6. The molecule has 1 heterocycles. The molecule has 0 aliphatic carbocycles. The van der Waals surface area contributed by atoms with Crippen LogP contribution in [0.2, 0.25) is 0 Å². The first-order valence-corrected chi connectivity index (χ1v) is 6.20. The lowest BCUT2D eigenvalue weighted by Crippen LogP contribution is -2.35. The summed E-state index contributed by atoms with van der Waals surface area (Å²) in [6, 6.07) is 5.64. The highest BCUT2D eigenvalue weighted by molar-refractivity contribution is 5.84. The number of carboxylic acids is 1. The van der Waals surface area contributed by atoms with Crippen LogP contribution < -0.4 is 0 Å². The van der Waals surface area contributed by atoms with Gasteiger partial charge in [0.2, 0.25) is 5.91 Å². The van der Waals surface area contributed by atoms with Gasteiger partial charge in [-0.05, 0) is 26.0 Å². The molecule has 0 saturated carbocycles. The van der Waals surface area contributed by atoms with Crippen molar-refractivity contribution in [2.75, 3.05) is 13.6 Å². The van der Waals surface area contributed by atoms with Crippen LogP contribution in [0.25, 0.3) is 0 Å². The van der Waals surface area contributed by atoms with E-state index in [1.54, 1.807) is 32.0 Å². The van der Waals surface area contributed by atoms with Crippen molar-refractivity contribution in [2.24, 2.45) is 5.41 Å². The van der Waals surface area contributed by atoms with Crippen molar-refractivity contribution in [3.63, 3.8) is 0 Å². The summed E-state index contributed by atoms with van der Waals surface area (Å²) in [5.41, 5.74) is -0.115. The molecule has 0 bridgehead atoms. The number of carbonyl (C=O) groups is 2. The Balaban J connectivity index is 2.48. The summed E-state index contributed by atoms with van der Waals surface area (Å²) in [7, 11) is 1.68. The zero-order chi connectivity index (χ0) is 14.5. The predicted molar refractivity (Wildman–Crippen MR) is 71.6 cm³/mol. The monoisotopic (exact) mass is 264 g/mol. The number of hydrogen-bond donors (Lipinski definition) is 1. The Morgan fingerprint density at radius 1 is 1.37 bits per heavy atom. The van der Waals surface area contributed by atoms with Crippen LogP contribution in [-0.4, -0.2) is 40.5 Å². The molecule has 0 spiro atoms. The molecule has 0 saturated heterocycles. The third-order valence-electron chi connectivity index (χ3n) is 3.03. The van der Waals surface area contributed by atoms with Crippen molar-refractivity contribution in [1.29, 1.82) is 0 Å². The number of aromatic nitrogens is 1. The fourth-order valence-corrected chi connectivity index (χ4v) is 1.54. The van der Waals surface area contributed by atoms with Gasteiger partial charge >= 0.3 is 5.97 Å². The smallest absolute Gasteiger partial charge is 0.309 e. The van der Waals surface area contributed by atoms with Gasteiger partial charge in [-0.3, -0.25) is 14.6 Å². The SMILES string of the molecule is CN(CCc1ccccn1)C(=O)CC(C)(C)C(=O)O. The van der Waals surface area contributed by atoms with Gasteiger partial charge in [-0.15, -0.1) is 0 Å². The fourth-order valence-electron chi connectivity index (χ4n) is 1.54. The van der Waals surface area contributed by atoms with Crippen molar-refractivity contribution >= 4 is 11.9 Å². The average Bonchev–Trinajstić information content (AvgIpc) is 2.36. The number of rotatable bonds is 6. The van der Waals surface area contributed by atoms with Crippen LogP contribution in [0.5, 0.6) is 0 Å². The van der Waals surface area contributed by atoms with Crippen molar-refractivity contribution in [1.82, 2.24) is 9.88 Å². The predicted octanol–water partition coefficient (Wildman–Crippen LogP) is 1.58. The minimum absolute atomic E-state index is 0.00104. The standard InChI is InChI=1S/C14H20N2O3/c1-14(2,13(18)19)10-12(17)16(3)9-7-11-6-4-5-8-15-11/h4-6,8H,7,9-10H2,1-3H3,(H,18,19). The van der Waals surface area contributed by atoms with Crippen molar-refractivity contribution < 1.29 is 14.7 Å². The maximum absolute atomic E-state index is 11.9. The first-order chi connectivity index (χ1) is 8.83. The number of pyridine rings is 1. The van der Waals surface area contributed by atoms with E-state index >= 15 is 0 Å². The number of amides is 1. The Kier molecular flexibility index (Phi) is 5.03. The van der Waals surface area contributed by atoms with Crippen molar-refractivity contribution in [2.45, 2.75) is 26.7 Å². The van der Waals surface area contributed by atoms with E-state index in [1.807, 2.05) is 18.2 Å². The minimum atomic E-state index is -1.03. The molecule has 1 rings (SSSR count). The normalized spacial score (nSPS) is 11.1. The van der Waals surface area contributed by atoms with Gasteiger partial charge in [-0.1, -0.05) is 6.07 Å². The second-order valence-electron chi connectivity index (χ2n) is 5.25. The van der Waals surface area contributed by atoms with E-state index in [0.717, 1.165) is 5.69 Å². The van der Waals surface area contributed by atoms with Crippen LogP contribution in [0.3, 0.4) is 0 Å². The summed E-state index contributed by atoms with van der Waals surface area (Å²) in [6.45, 7) is 3.64. The molecule has 0 unspecified atom stereocenters. The fraction of sp³-hybridized carbons (Fsp3) is 0.500. The summed E-state index contributed by atoms with van der Waals surface area (Å²) in [6.07, 6.45) is 2.38. The van der Waals surface area contributed by atoms with Crippen LogP contribution in [0.1, 0.15) is 26.0 Å². The van der Waals surface area contributed by atoms with E-state index in [-0.39, 0.29) is 12.3 Å². The number of carboxylic acid groups (broad SMARTS) is 1. The summed E-state index contributed by atoms with van der Waals surface area (Å²) >= 11 is 0. The Morgan fingerprint density at radius 3 is 2.58 bits per heavy atom. The molecular formula is C14H20N2O3. The topological polar surface area (TPSA) is 70.5 Å². The molecule has 1 amide bonds. The molecule has 1 aromatic heterocycles. The molecule has 0 radical (unpaired) electrons. The van der Waals surface area contributed by atoms with Gasteiger partial charge in [0.25, 0.3) is 0 Å². The maximum atomic E-state index is 11.9. The molecule has 5 nitrogen and oxygen atoms in total. The lowest BCUT2D eigenvalue weighted by atomic mass is 9.89.